The van der Waals surface area contributed by atoms with Crippen molar-refractivity contribution >= 4 is 39.7 Å². The van der Waals surface area contributed by atoms with Crippen molar-refractivity contribution in [2.75, 3.05) is 6.61 Å². The number of benzene rings is 3. The van der Waals surface area contributed by atoms with Crippen LogP contribution in [0.5, 0.6) is 11.5 Å². The van der Waals surface area contributed by atoms with Gasteiger partial charge in [-0.1, -0.05) is 56.6 Å². The smallest absolute Gasteiger partial charge is 0.271 e. The van der Waals surface area contributed by atoms with Crippen molar-refractivity contribution in [3.05, 3.63) is 92.4 Å². The van der Waals surface area contributed by atoms with Crippen LogP contribution in [0, 0.1) is 0 Å². The number of carbonyl (C=O) groups excluding carboxylic acids is 1. The van der Waals surface area contributed by atoms with Crippen LogP contribution < -0.4 is 14.9 Å². The molecule has 0 heterocycles. The number of nitrogens with one attached hydrogen (secondary N) is 1. The van der Waals surface area contributed by atoms with Crippen LogP contribution in [-0.2, 0) is 12.0 Å². The minimum Gasteiger partial charge on any atom is -0.490 e. The lowest BCUT2D eigenvalue weighted by atomic mass is 9.87. The molecule has 3 rings (SSSR count). The van der Waals surface area contributed by atoms with Gasteiger partial charge in [0.05, 0.1) is 17.3 Å². The Kier molecular flexibility index (Phi) is 8.75. The fraction of sp³-hybridized carbons (Fsp3) is 0.259. The van der Waals surface area contributed by atoms with E-state index in [1.807, 2.05) is 67.6 Å². The van der Waals surface area contributed by atoms with E-state index in [4.69, 9.17) is 21.1 Å². The average molecular weight is 544 g/mol. The van der Waals surface area contributed by atoms with Crippen molar-refractivity contribution in [1.29, 1.82) is 0 Å². The first-order chi connectivity index (χ1) is 16.2. The first-order valence-corrected chi connectivity index (χ1v) is 12.1. The van der Waals surface area contributed by atoms with Crippen LogP contribution in [0.4, 0.5) is 0 Å². The van der Waals surface area contributed by atoms with Gasteiger partial charge in [-0.15, -0.1) is 0 Å². The number of hydrazone groups is 1. The molecule has 0 bridgehead atoms. The number of ether oxygens (including phenoxy) is 2. The van der Waals surface area contributed by atoms with Crippen LogP contribution in [0.25, 0.3) is 0 Å². The summed E-state index contributed by atoms with van der Waals surface area (Å²) in [5, 5.41) is 4.79. The SMILES string of the molecule is CCOc1cc(/C=N\NC(=O)c2ccc(C(C)(C)C)cc2)cc(Br)c1OCc1ccc(Cl)cc1. The Bertz CT molecular complexity index is 1150. The van der Waals surface area contributed by atoms with E-state index in [0.717, 1.165) is 15.6 Å². The van der Waals surface area contributed by atoms with Crippen molar-refractivity contribution in [2.24, 2.45) is 5.10 Å². The molecule has 0 fully saturated rings. The quantitative estimate of drug-likeness (QED) is 0.243. The van der Waals surface area contributed by atoms with Gasteiger partial charge in [-0.05, 0) is 81.4 Å². The Labute approximate surface area is 214 Å². The van der Waals surface area contributed by atoms with Crippen LogP contribution in [0.15, 0.2) is 70.2 Å². The third-order valence-corrected chi connectivity index (χ3v) is 5.86. The third kappa shape index (κ3) is 7.08. The lowest BCUT2D eigenvalue weighted by molar-refractivity contribution is 0.0955. The first kappa shape index (κ1) is 25.8. The summed E-state index contributed by atoms with van der Waals surface area (Å²) in [4.78, 5) is 12.4. The van der Waals surface area contributed by atoms with Gasteiger partial charge in [0, 0.05) is 10.6 Å². The standard InChI is InChI=1S/C27H28BrClN2O3/c1-5-33-24-15-19(14-23(28)25(24)34-17-18-6-12-22(29)13-7-18)16-30-31-26(32)20-8-10-21(11-9-20)27(2,3)4/h6-16H,5,17H2,1-4H3,(H,31,32)/b30-16-. The summed E-state index contributed by atoms with van der Waals surface area (Å²) >= 11 is 9.51. The maximum absolute atomic E-state index is 12.4. The molecule has 0 aliphatic heterocycles. The lowest BCUT2D eigenvalue weighted by Crippen LogP contribution is -2.18. The Hall–Kier alpha value is -2.83. The van der Waals surface area contributed by atoms with Gasteiger partial charge < -0.3 is 9.47 Å². The highest BCUT2D eigenvalue weighted by Crippen LogP contribution is 2.37. The minimum atomic E-state index is -0.274. The molecule has 0 spiro atoms. The molecule has 0 unspecified atom stereocenters. The molecule has 0 aliphatic carbocycles. The van der Waals surface area contributed by atoms with E-state index in [1.165, 1.54) is 5.56 Å². The zero-order valence-corrected chi connectivity index (χ0v) is 22.0. The number of halogens is 2. The van der Waals surface area contributed by atoms with Crippen molar-refractivity contribution in [2.45, 2.75) is 39.7 Å². The van der Waals surface area contributed by atoms with Crippen molar-refractivity contribution in [3.63, 3.8) is 0 Å². The molecule has 34 heavy (non-hydrogen) atoms. The molecule has 1 amide bonds. The molecule has 0 radical (unpaired) electrons. The molecule has 5 nitrogen and oxygen atoms in total. The van der Waals surface area contributed by atoms with Crippen LogP contribution in [-0.4, -0.2) is 18.7 Å². The number of carbonyl (C=O) groups is 1. The summed E-state index contributed by atoms with van der Waals surface area (Å²) in [5.74, 6) is 0.900. The van der Waals surface area contributed by atoms with Gasteiger partial charge in [0.15, 0.2) is 11.5 Å². The lowest BCUT2D eigenvalue weighted by Gasteiger charge is -2.18. The summed E-state index contributed by atoms with van der Waals surface area (Å²) in [6.45, 7) is 9.15. The van der Waals surface area contributed by atoms with E-state index in [-0.39, 0.29) is 11.3 Å². The van der Waals surface area contributed by atoms with Crippen LogP contribution in [0.3, 0.4) is 0 Å². The Morgan fingerprint density at radius 2 is 1.74 bits per heavy atom. The van der Waals surface area contributed by atoms with Gasteiger partial charge in [0.2, 0.25) is 0 Å². The topological polar surface area (TPSA) is 59.9 Å². The van der Waals surface area contributed by atoms with Gasteiger partial charge in [0.25, 0.3) is 5.91 Å². The first-order valence-electron chi connectivity index (χ1n) is 10.9. The van der Waals surface area contributed by atoms with E-state index < -0.39 is 0 Å². The maximum Gasteiger partial charge on any atom is 0.271 e. The van der Waals surface area contributed by atoms with Gasteiger partial charge in [-0.25, -0.2) is 5.43 Å². The van der Waals surface area contributed by atoms with E-state index in [0.29, 0.717) is 35.3 Å². The molecular weight excluding hydrogens is 516 g/mol. The second kappa shape index (κ2) is 11.5. The molecule has 178 valence electrons. The minimum absolute atomic E-state index is 0.0313. The van der Waals surface area contributed by atoms with Crippen molar-refractivity contribution < 1.29 is 14.3 Å². The fourth-order valence-electron chi connectivity index (χ4n) is 3.15. The van der Waals surface area contributed by atoms with Gasteiger partial charge in [-0.3, -0.25) is 4.79 Å². The van der Waals surface area contributed by atoms with E-state index in [9.17, 15) is 4.79 Å². The summed E-state index contributed by atoms with van der Waals surface area (Å²) < 4.78 is 12.5. The molecule has 0 aromatic heterocycles. The van der Waals surface area contributed by atoms with Crippen LogP contribution in [0.1, 0.15) is 54.7 Å². The summed E-state index contributed by atoms with van der Waals surface area (Å²) in [6, 6.07) is 18.7. The molecule has 0 aliphatic rings. The second-order valence-corrected chi connectivity index (χ2v) is 10.00. The second-order valence-electron chi connectivity index (χ2n) is 8.70. The molecule has 1 N–H and O–H groups in total. The normalized spacial score (nSPS) is 11.5. The number of amides is 1. The largest absolute Gasteiger partial charge is 0.490 e. The highest BCUT2D eigenvalue weighted by Gasteiger charge is 2.15. The Morgan fingerprint density at radius 1 is 1.06 bits per heavy atom. The number of hydrogen-bond donors (Lipinski definition) is 1. The maximum atomic E-state index is 12.4. The van der Waals surface area contributed by atoms with E-state index >= 15 is 0 Å². The van der Waals surface area contributed by atoms with Crippen molar-refractivity contribution in [1.82, 2.24) is 5.43 Å². The van der Waals surface area contributed by atoms with Gasteiger partial charge >= 0.3 is 0 Å². The van der Waals surface area contributed by atoms with Crippen LogP contribution in [0.2, 0.25) is 5.02 Å². The molecule has 3 aromatic rings. The Morgan fingerprint density at radius 3 is 2.35 bits per heavy atom. The molecule has 0 atom stereocenters. The Balaban J connectivity index is 1.69. The number of hydrogen-bond acceptors (Lipinski definition) is 4. The summed E-state index contributed by atoms with van der Waals surface area (Å²) in [5.41, 5.74) is 6.06. The predicted octanol–water partition coefficient (Wildman–Crippen LogP) is 7.14. The molecule has 7 heteroatoms. The zero-order chi connectivity index (χ0) is 24.7. The summed E-state index contributed by atoms with van der Waals surface area (Å²) in [6.07, 6.45) is 1.57. The molecule has 3 aromatic carbocycles. The molecule has 0 saturated carbocycles. The van der Waals surface area contributed by atoms with Gasteiger partial charge in [0.1, 0.15) is 6.61 Å². The fourth-order valence-corrected chi connectivity index (χ4v) is 3.85. The molecular formula is C27H28BrClN2O3. The highest BCUT2D eigenvalue weighted by molar-refractivity contribution is 9.10. The highest BCUT2D eigenvalue weighted by atomic mass is 79.9. The summed E-state index contributed by atoms with van der Waals surface area (Å²) in [7, 11) is 0. The molecule has 0 saturated heterocycles. The zero-order valence-electron chi connectivity index (χ0n) is 19.7. The average Bonchev–Trinajstić information content (AvgIpc) is 2.79. The van der Waals surface area contributed by atoms with E-state index in [2.05, 4.69) is 47.2 Å². The monoisotopic (exact) mass is 542 g/mol. The predicted molar refractivity (Wildman–Crippen MR) is 141 cm³/mol. The number of rotatable bonds is 8. The van der Waals surface area contributed by atoms with E-state index in [1.54, 1.807) is 6.21 Å². The van der Waals surface area contributed by atoms with Crippen LogP contribution >= 0.6 is 27.5 Å². The van der Waals surface area contributed by atoms with Gasteiger partial charge in [-0.2, -0.15) is 5.10 Å². The van der Waals surface area contributed by atoms with Crippen molar-refractivity contribution in [3.8, 4) is 11.5 Å². The third-order valence-electron chi connectivity index (χ3n) is 5.02. The number of nitrogens with zero attached hydrogens (tertiary/aromatic N) is 1.